The number of nitrogens with zero attached hydrogens (tertiary/aromatic N) is 1. The number of carbonyl (C=O) groups is 1. The summed E-state index contributed by atoms with van der Waals surface area (Å²) in [6, 6.07) is 10.8. The van der Waals surface area contributed by atoms with Gasteiger partial charge in [-0.1, -0.05) is 15.9 Å². The van der Waals surface area contributed by atoms with Crippen LogP contribution in [-0.4, -0.2) is 23.5 Å². The maximum absolute atomic E-state index is 12.2. The molecule has 2 aromatic rings. The Balaban J connectivity index is 2.09. The molecule has 22 heavy (non-hydrogen) atoms. The molecule has 0 spiro atoms. The molecule has 2 rings (SSSR count). The van der Waals surface area contributed by atoms with Crippen LogP contribution in [0.2, 0.25) is 0 Å². The summed E-state index contributed by atoms with van der Waals surface area (Å²) >= 11 is 3.36. The first kappa shape index (κ1) is 16.5. The van der Waals surface area contributed by atoms with Gasteiger partial charge in [-0.25, -0.2) is 4.98 Å². The number of pyridine rings is 1. The van der Waals surface area contributed by atoms with Crippen LogP contribution in [0.1, 0.15) is 23.7 Å². The van der Waals surface area contributed by atoms with Crippen LogP contribution in [-0.2, 0) is 0 Å². The molecule has 116 valence electrons. The molecule has 0 bridgehead atoms. The van der Waals surface area contributed by atoms with Crippen molar-refractivity contribution in [2.45, 2.75) is 19.4 Å². The third kappa shape index (κ3) is 4.82. The normalized spacial score (nSPS) is 11.8. The van der Waals surface area contributed by atoms with Crippen LogP contribution in [0.3, 0.4) is 0 Å². The van der Waals surface area contributed by atoms with Crippen LogP contribution >= 0.6 is 15.9 Å². The molecule has 1 heterocycles. The van der Waals surface area contributed by atoms with Gasteiger partial charge in [0, 0.05) is 23.3 Å². The first-order chi connectivity index (χ1) is 10.6. The highest BCUT2D eigenvalue weighted by atomic mass is 79.9. The summed E-state index contributed by atoms with van der Waals surface area (Å²) < 4.78 is 6.65. The quantitative estimate of drug-likeness (QED) is 0.826. The largest absolute Gasteiger partial charge is 0.438 e. The van der Waals surface area contributed by atoms with E-state index in [4.69, 9.17) is 10.5 Å². The van der Waals surface area contributed by atoms with Gasteiger partial charge >= 0.3 is 0 Å². The Labute approximate surface area is 138 Å². The van der Waals surface area contributed by atoms with Gasteiger partial charge in [0.25, 0.3) is 5.91 Å². The number of rotatable bonds is 6. The maximum atomic E-state index is 12.2. The van der Waals surface area contributed by atoms with Crippen molar-refractivity contribution in [3.63, 3.8) is 0 Å². The lowest BCUT2D eigenvalue weighted by Gasteiger charge is -2.11. The zero-order valence-corrected chi connectivity index (χ0v) is 13.8. The summed E-state index contributed by atoms with van der Waals surface area (Å²) in [6.45, 7) is 2.42. The molecule has 0 aliphatic rings. The molecular weight excluding hydrogens is 346 g/mol. The average Bonchev–Trinajstić information content (AvgIpc) is 2.49. The van der Waals surface area contributed by atoms with E-state index >= 15 is 0 Å². The summed E-state index contributed by atoms with van der Waals surface area (Å²) in [7, 11) is 0. The van der Waals surface area contributed by atoms with Gasteiger partial charge in [-0.3, -0.25) is 4.79 Å². The third-order valence-corrected chi connectivity index (χ3v) is 3.46. The fourth-order valence-electron chi connectivity index (χ4n) is 1.77. The Morgan fingerprint density at radius 2 is 2.09 bits per heavy atom. The van der Waals surface area contributed by atoms with Gasteiger partial charge in [0.15, 0.2) is 0 Å². The number of hydrogen-bond acceptors (Lipinski definition) is 4. The number of halogens is 1. The van der Waals surface area contributed by atoms with E-state index in [2.05, 4.69) is 26.2 Å². The molecule has 5 nitrogen and oxygen atoms in total. The second-order valence-corrected chi connectivity index (χ2v) is 5.85. The fourth-order valence-corrected chi connectivity index (χ4v) is 2.03. The number of nitrogens with one attached hydrogen (secondary N) is 1. The molecule has 6 heteroatoms. The number of aromatic nitrogens is 1. The molecule has 1 atom stereocenters. The summed E-state index contributed by atoms with van der Waals surface area (Å²) in [5.41, 5.74) is 6.07. The van der Waals surface area contributed by atoms with Crippen LogP contribution in [0.5, 0.6) is 11.6 Å². The highest BCUT2D eigenvalue weighted by Crippen LogP contribution is 2.24. The Morgan fingerprint density at radius 3 is 2.77 bits per heavy atom. The summed E-state index contributed by atoms with van der Waals surface area (Å²) in [5.74, 6) is 0.676. The van der Waals surface area contributed by atoms with Crippen LogP contribution in [0.15, 0.2) is 47.1 Å². The third-order valence-electron chi connectivity index (χ3n) is 2.93. The minimum atomic E-state index is -0.221. The van der Waals surface area contributed by atoms with E-state index in [1.54, 1.807) is 30.5 Å². The molecule has 1 unspecified atom stereocenters. The predicted molar refractivity (Wildman–Crippen MR) is 89.1 cm³/mol. The van der Waals surface area contributed by atoms with Crippen molar-refractivity contribution in [1.82, 2.24) is 10.3 Å². The zero-order valence-electron chi connectivity index (χ0n) is 12.3. The first-order valence-corrected chi connectivity index (χ1v) is 7.78. The minimum Gasteiger partial charge on any atom is -0.438 e. The van der Waals surface area contributed by atoms with E-state index in [0.717, 1.165) is 10.9 Å². The Morgan fingerprint density at radius 1 is 1.36 bits per heavy atom. The van der Waals surface area contributed by atoms with Crippen molar-refractivity contribution >= 4 is 21.8 Å². The number of hydrogen-bond donors (Lipinski definition) is 2. The SMILES string of the molecule is CC(N)CCNC(=O)c1cccnc1Oc1ccc(Br)cc1. The Hall–Kier alpha value is -1.92. The predicted octanol–water partition coefficient (Wildman–Crippen LogP) is 3.10. The van der Waals surface area contributed by atoms with Gasteiger partial charge < -0.3 is 15.8 Å². The molecule has 3 N–H and O–H groups in total. The molecule has 1 aromatic carbocycles. The van der Waals surface area contributed by atoms with Gasteiger partial charge in [-0.05, 0) is 49.7 Å². The molecule has 0 aliphatic heterocycles. The molecule has 0 fully saturated rings. The first-order valence-electron chi connectivity index (χ1n) is 6.98. The lowest BCUT2D eigenvalue weighted by atomic mass is 10.2. The smallest absolute Gasteiger partial charge is 0.256 e. The standard InChI is InChI=1S/C16H18BrN3O2/c1-11(18)8-10-19-15(21)14-3-2-9-20-16(14)22-13-6-4-12(17)5-7-13/h2-7,9,11H,8,10,18H2,1H3,(H,19,21). The number of ether oxygens (including phenoxy) is 1. The lowest BCUT2D eigenvalue weighted by molar-refractivity contribution is 0.0950. The van der Waals surface area contributed by atoms with Gasteiger partial charge in [-0.15, -0.1) is 0 Å². The van der Waals surface area contributed by atoms with Crippen LogP contribution in [0, 0.1) is 0 Å². The minimum absolute atomic E-state index is 0.0488. The van der Waals surface area contributed by atoms with Crippen molar-refractivity contribution < 1.29 is 9.53 Å². The van der Waals surface area contributed by atoms with Crippen LogP contribution in [0.25, 0.3) is 0 Å². The summed E-state index contributed by atoms with van der Waals surface area (Å²) in [6.07, 6.45) is 2.31. The van der Waals surface area contributed by atoms with E-state index < -0.39 is 0 Å². The molecule has 1 aromatic heterocycles. The van der Waals surface area contributed by atoms with E-state index in [1.165, 1.54) is 0 Å². The van der Waals surface area contributed by atoms with Crippen LogP contribution in [0.4, 0.5) is 0 Å². The molecular formula is C16H18BrN3O2. The van der Waals surface area contributed by atoms with Gasteiger partial charge in [0.1, 0.15) is 11.3 Å². The molecule has 0 aliphatic carbocycles. The maximum Gasteiger partial charge on any atom is 0.256 e. The fraction of sp³-hybridized carbons (Fsp3) is 0.250. The van der Waals surface area contributed by atoms with E-state index in [0.29, 0.717) is 17.9 Å². The van der Waals surface area contributed by atoms with Crippen LogP contribution < -0.4 is 15.8 Å². The van der Waals surface area contributed by atoms with E-state index in [1.807, 2.05) is 19.1 Å². The molecule has 1 amide bonds. The van der Waals surface area contributed by atoms with Gasteiger partial charge in [0.05, 0.1) is 0 Å². The van der Waals surface area contributed by atoms with Gasteiger partial charge in [-0.2, -0.15) is 0 Å². The summed E-state index contributed by atoms with van der Waals surface area (Å²) in [5, 5.41) is 2.82. The summed E-state index contributed by atoms with van der Waals surface area (Å²) in [4.78, 5) is 16.4. The number of benzene rings is 1. The van der Waals surface area contributed by atoms with Crippen molar-refractivity contribution in [2.24, 2.45) is 5.73 Å². The Kier molecular flexibility index (Phi) is 5.91. The zero-order chi connectivity index (χ0) is 15.9. The number of carbonyl (C=O) groups excluding carboxylic acids is 1. The lowest BCUT2D eigenvalue weighted by Crippen LogP contribution is -2.29. The van der Waals surface area contributed by atoms with Gasteiger partial charge in [0.2, 0.25) is 5.88 Å². The Bertz CT molecular complexity index is 630. The second-order valence-electron chi connectivity index (χ2n) is 4.93. The van der Waals surface area contributed by atoms with Crippen molar-refractivity contribution in [3.05, 3.63) is 52.6 Å². The average molecular weight is 364 g/mol. The van der Waals surface area contributed by atoms with E-state index in [-0.39, 0.29) is 17.8 Å². The highest BCUT2D eigenvalue weighted by molar-refractivity contribution is 9.10. The second kappa shape index (κ2) is 7.91. The van der Waals surface area contributed by atoms with Crippen molar-refractivity contribution in [3.8, 4) is 11.6 Å². The number of nitrogens with two attached hydrogens (primary N) is 1. The molecule has 0 radical (unpaired) electrons. The van der Waals surface area contributed by atoms with Crippen molar-refractivity contribution in [2.75, 3.05) is 6.54 Å². The monoisotopic (exact) mass is 363 g/mol. The van der Waals surface area contributed by atoms with E-state index in [9.17, 15) is 4.79 Å². The molecule has 0 saturated heterocycles. The molecule has 0 saturated carbocycles. The topological polar surface area (TPSA) is 77.2 Å². The van der Waals surface area contributed by atoms with Crippen molar-refractivity contribution in [1.29, 1.82) is 0 Å². The highest BCUT2D eigenvalue weighted by Gasteiger charge is 2.14. The number of amides is 1.